The zero-order valence-corrected chi connectivity index (χ0v) is 12.7. The monoisotopic (exact) mass is 315 g/mol. The highest BCUT2D eigenvalue weighted by atomic mass is 35.5. The van der Waals surface area contributed by atoms with Gasteiger partial charge in [-0.15, -0.1) is 0 Å². The van der Waals surface area contributed by atoms with Gasteiger partial charge in [-0.1, -0.05) is 23.7 Å². The molecule has 3 rings (SSSR count). The van der Waals surface area contributed by atoms with Gasteiger partial charge >= 0.3 is 5.97 Å². The van der Waals surface area contributed by atoms with Crippen molar-refractivity contribution in [2.45, 2.75) is 6.54 Å². The van der Waals surface area contributed by atoms with Gasteiger partial charge in [0.15, 0.2) is 0 Å². The van der Waals surface area contributed by atoms with E-state index in [1.807, 2.05) is 47.2 Å². The van der Waals surface area contributed by atoms with E-state index in [1.165, 1.54) is 7.11 Å². The molecule has 5 heteroatoms. The Morgan fingerprint density at radius 2 is 1.95 bits per heavy atom. The van der Waals surface area contributed by atoms with Gasteiger partial charge in [-0.3, -0.25) is 0 Å². The lowest BCUT2D eigenvalue weighted by Crippen LogP contribution is -2.04. The van der Waals surface area contributed by atoms with E-state index in [2.05, 4.69) is 0 Å². The third-order valence-corrected chi connectivity index (χ3v) is 3.82. The Hall–Kier alpha value is -2.46. The molecule has 1 N–H and O–H groups in total. The maximum atomic E-state index is 11.5. The van der Waals surface area contributed by atoms with E-state index in [0.717, 1.165) is 10.9 Å². The number of methoxy groups -OCH3 is 1. The second kappa shape index (κ2) is 5.73. The number of fused-ring (bicyclic) bond motifs is 1. The third-order valence-electron chi connectivity index (χ3n) is 3.57. The minimum Gasteiger partial charge on any atom is -0.497 e. The number of rotatable bonds is 4. The van der Waals surface area contributed by atoms with E-state index in [9.17, 15) is 9.90 Å². The molecule has 0 amide bonds. The van der Waals surface area contributed by atoms with Crippen molar-refractivity contribution < 1.29 is 14.6 Å². The second-order valence-corrected chi connectivity index (χ2v) is 5.42. The highest BCUT2D eigenvalue weighted by Crippen LogP contribution is 2.27. The zero-order chi connectivity index (χ0) is 15.7. The molecule has 1 aromatic heterocycles. The largest absolute Gasteiger partial charge is 0.497 e. The normalized spacial score (nSPS) is 10.8. The number of carboxylic acids is 1. The third kappa shape index (κ3) is 2.65. The molecule has 0 atom stereocenters. The van der Waals surface area contributed by atoms with Crippen LogP contribution in [-0.2, 0) is 6.54 Å². The Bertz CT molecular complexity index is 837. The molecule has 22 heavy (non-hydrogen) atoms. The molecule has 2 aromatic carbocycles. The van der Waals surface area contributed by atoms with Crippen LogP contribution < -0.4 is 4.74 Å². The number of nitrogens with zero attached hydrogens (tertiary/aromatic N) is 1. The molecule has 0 saturated carbocycles. The van der Waals surface area contributed by atoms with E-state index in [0.29, 0.717) is 22.8 Å². The Morgan fingerprint density at radius 1 is 1.23 bits per heavy atom. The summed E-state index contributed by atoms with van der Waals surface area (Å²) in [6, 6.07) is 12.8. The van der Waals surface area contributed by atoms with Crippen molar-refractivity contribution in [3.8, 4) is 5.75 Å². The first-order valence-corrected chi connectivity index (χ1v) is 7.11. The summed E-state index contributed by atoms with van der Waals surface area (Å²) in [5, 5.41) is 11.0. The molecule has 0 unspecified atom stereocenters. The van der Waals surface area contributed by atoms with Crippen molar-refractivity contribution in [3.05, 3.63) is 64.8 Å². The van der Waals surface area contributed by atoms with E-state index in [4.69, 9.17) is 16.3 Å². The fraction of sp³-hybridized carbons (Fsp3) is 0.118. The van der Waals surface area contributed by atoms with Crippen molar-refractivity contribution in [1.82, 2.24) is 4.57 Å². The quantitative estimate of drug-likeness (QED) is 0.790. The number of aromatic carboxylic acids is 1. The van der Waals surface area contributed by atoms with Crippen LogP contribution in [0.4, 0.5) is 0 Å². The maximum Gasteiger partial charge on any atom is 0.337 e. The maximum absolute atomic E-state index is 11.5. The molecule has 0 saturated heterocycles. The average Bonchev–Trinajstić information content (AvgIpc) is 2.91. The molecular weight excluding hydrogens is 302 g/mol. The standard InChI is InChI=1S/C17H14ClNO3/c1-22-14-8-12-6-7-19(16(12)15(9-14)17(20)21)10-11-2-4-13(18)5-3-11/h2-9H,10H2,1H3,(H,20,21). The van der Waals surface area contributed by atoms with Gasteiger partial charge in [0.1, 0.15) is 5.75 Å². The summed E-state index contributed by atoms with van der Waals surface area (Å²) in [7, 11) is 1.53. The zero-order valence-electron chi connectivity index (χ0n) is 11.9. The summed E-state index contributed by atoms with van der Waals surface area (Å²) >= 11 is 5.89. The number of aromatic nitrogens is 1. The SMILES string of the molecule is COc1cc(C(=O)O)c2c(ccn2Cc2ccc(Cl)cc2)c1. The second-order valence-electron chi connectivity index (χ2n) is 4.99. The van der Waals surface area contributed by atoms with Crippen LogP contribution in [0.5, 0.6) is 5.75 Å². The highest BCUT2D eigenvalue weighted by molar-refractivity contribution is 6.30. The molecule has 0 aliphatic carbocycles. The van der Waals surface area contributed by atoms with Gasteiger partial charge < -0.3 is 14.4 Å². The molecule has 112 valence electrons. The van der Waals surface area contributed by atoms with Crippen molar-refractivity contribution in [2.24, 2.45) is 0 Å². The molecule has 4 nitrogen and oxygen atoms in total. The predicted octanol–water partition coefficient (Wildman–Crippen LogP) is 4.05. The average molecular weight is 316 g/mol. The Morgan fingerprint density at radius 3 is 2.59 bits per heavy atom. The summed E-state index contributed by atoms with van der Waals surface area (Å²) in [6.07, 6.45) is 1.88. The summed E-state index contributed by atoms with van der Waals surface area (Å²) in [6.45, 7) is 0.577. The van der Waals surface area contributed by atoms with E-state index < -0.39 is 5.97 Å². The van der Waals surface area contributed by atoms with Crippen LogP contribution in [0.1, 0.15) is 15.9 Å². The first kappa shape index (κ1) is 14.5. The predicted molar refractivity (Wildman–Crippen MR) is 86.0 cm³/mol. The lowest BCUT2D eigenvalue weighted by Gasteiger charge is -2.09. The lowest BCUT2D eigenvalue weighted by molar-refractivity contribution is 0.0698. The topological polar surface area (TPSA) is 51.5 Å². The fourth-order valence-electron chi connectivity index (χ4n) is 2.52. The first-order chi connectivity index (χ1) is 10.6. The molecule has 0 aliphatic rings. The Kier molecular flexibility index (Phi) is 3.77. The summed E-state index contributed by atoms with van der Waals surface area (Å²) in [5.74, 6) is -0.436. The van der Waals surface area contributed by atoms with Gasteiger partial charge in [0.25, 0.3) is 0 Å². The number of ether oxygens (including phenoxy) is 1. The smallest absolute Gasteiger partial charge is 0.337 e. The van der Waals surface area contributed by atoms with E-state index >= 15 is 0 Å². The van der Waals surface area contributed by atoms with Crippen molar-refractivity contribution in [2.75, 3.05) is 7.11 Å². The van der Waals surface area contributed by atoms with Gasteiger partial charge in [-0.05, 0) is 35.9 Å². The summed E-state index contributed by atoms with van der Waals surface area (Å²) in [5.41, 5.74) is 1.96. The number of carboxylic acid groups (broad SMARTS) is 1. The van der Waals surface area contributed by atoms with Crippen molar-refractivity contribution in [3.63, 3.8) is 0 Å². The Labute approximate surface area is 132 Å². The number of benzene rings is 2. The van der Waals surface area contributed by atoms with E-state index in [1.54, 1.807) is 6.07 Å². The molecule has 1 heterocycles. The highest BCUT2D eigenvalue weighted by Gasteiger charge is 2.15. The van der Waals surface area contributed by atoms with Crippen LogP contribution in [0.3, 0.4) is 0 Å². The van der Waals surface area contributed by atoms with Crippen molar-refractivity contribution in [1.29, 1.82) is 0 Å². The van der Waals surface area contributed by atoms with Crippen LogP contribution in [0.2, 0.25) is 5.02 Å². The van der Waals surface area contributed by atoms with Crippen LogP contribution in [0.25, 0.3) is 10.9 Å². The molecule has 0 aliphatic heterocycles. The molecule has 0 fully saturated rings. The molecular formula is C17H14ClNO3. The Balaban J connectivity index is 2.10. The molecule has 0 bridgehead atoms. The van der Waals surface area contributed by atoms with E-state index in [-0.39, 0.29) is 5.56 Å². The minimum absolute atomic E-state index is 0.230. The van der Waals surface area contributed by atoms with Gasteiger partial charge in [0, 0.05) is 23.2 Å². The number of halogens is 1. The van der Waals surface area contributed by atoms with Gasteiger partial charge in [0.05, 0.1) is 18.2 Å². The number of carbonyl (C=O) groups is 1. The summed E-state index contributed by atoms with van der Waals surface area (Å²) in [4.78, 5) is 11.5. The van der Waals surface area contributed by atoms with Gasteiger partial charge in [-0.25, -0.2) is 4.79 Å². The van der Waals surface area contributed by atoms with Crippen LogP contribution in [0, 0.1) is 0 Å². The number of hydrogen-bond acceptors (Lipinski definition) is 2. The minimum atomic E-state index is -0.972. The summed E-state index contributed by atoms with van der Waals surface area (Å²) < 4.78 is 7.08. The lowest BCUT2D eigenvalue weighted by atomic mass is 10.1. The van der Waals surface area contributed by atoms with Gasteiger partial charge in [0.2, 0.25) is 0 Å². The van der Waals surface area contributed by atoms with Gasteiger partial charge in [-0.2, -0.15) is 0 Å². The first-order valence-electron chi connectivity index (χ1n) is 6.73. The van der Waals surface area contributed by atoms with Crippen LogP contribution in [-0.4, -0.2) is 22.8 Å². The fourth-order valence-corrected chi connectivity index (χ4v) is 2.65. The van der Waals surface area contributed by atoms with Crippen molar-refractivity contribution >= 4 is 28.5 Å². The number of hydrogen-bond donors (Lipinski definition) is 1. The van der Waals surface area contributed by atoms with Crippen LogP contribution >= 0.6 is 11.6 Å². The molecule has 0 radical (unpaired) electrons. The van der Waals surface area contributed by atoms with Crippen LogP contribution in [0.15, 0.2) is 48.7 Å². The molecule has 3 aromatic rings. The molecule has 0 spiro atoms.